The molecule has 0 spiro atoms. The van der Waals surface area contributed by atoms with E-state index >= 15 is 0 Å². The van der Waals surface area contributed by atoms with Gasteiger partial charge in [-0.15, -0.1) is 23.1 Å². The molecule has 5 rings (SSSR count). The molecule has 12 heteroatoms. The molecule has 46 heavy (non-hydrogen) atoms. The van der Waals surface area contributed by atoms with Crippen molar-refractivity contribution >= 4 is 92.5 Å². The zero-order valence-corrected chi connectivity index (χ0v) is 28.0. The fraction of sp³-hybridized carbons (Fsp3) is 0.0588. The molecule has 0 aliphatic heterocycles. The van der Waals surface area contributed by atoms with Gasteiger partial charge in [-0.1, -0.05) is 71.2 Å². The Balaban J connectivity index is 1.22. The summed E-state index contributed by atoms with van der Waals surface area (Å²) in [5.74, 6) is -1.20. The molecular formula is C34H25Cl3N4O3S2. The molecule has 1 aromatic heterocycles. The van der Waals surface area contributed by atoms with E-state index in [1.807, 2.05) is 17.5 Å². The Morgan fingerprint density at radius 3 is 2.24 bits per heavy atom. The van der Waals surface area contributed by atoms with Crippen molar-refractivity contribution in [3.63, 3.8) is 0 Å². The number of thiazole rings is 1. The normalized spacial score (nSPS) is 11.9. The lowest BCUT2D eigenvalue weighted by Crippen LogP contribution is -2.30. The topological polar surface area (TPSA) is 100 Å². The number of anilines is 2. The zero-order valence-electron chi connectivity index (χ0n) is 24.1. The van der Waals surface area contributed by atoms with E-state index in [1.165, 1.54) is 29.2 Å². The molecule has 0 aliphatic rings. The van der Waals surface area contributed by atoms with Crippen LogP contribution < -0.4 is 16.0 Å². The van der Waals surface area contributed by atoms with Crippen molar-refractivity contribution < 1.29 is 14.4 Å². The first-order chi connectivity index (χ1) is 22.1. The molecule has 7 nitrogen and oxygen atoms in total. The van der Waals surface area contributed by atoms with Crippen LogP contribution in [0.2, 0.25) is 15.1 Å². The largest absolute Gasteiger partial charge is 0.321 e. The van der Waals surface area contributed by atoms with E-state index in [4.69, 9.17) is 34.8 Å². The minimum absolute atomic E-state index is 0.0109. The van der Waals surface area contributed by atoms with Crippen molar-refractivity contribution in [3.05, 3.63) is 134 Å². The van der Waals surface area contributed by atoms with E-state index < -0.39 is 17.1 Å². The third-order valence-electron chi connectivity index (χ3n) is 6.46. The molecule has 1 atom stereocenters. The number of amides is 3. The summed E-state index contributed by atoms with van der Waals surface area (Å²) >= 11 is 21.0. The van der Waals surface area contributed by atoms with Crippen LogP contribution in [0.15, 0.2) is 113 Å². The second-order valence-electron chi connectivity index (χ2n) is 9.82. The number of carbonyl (C=O) groups is 3. The Morgan fingerprint density at radius 1 is 0.848 bits per heavy atom. The number of aromatic nitrogens is 1. The molecule has 4 aromatic carbocycles. The van der Waals surface area contributed by atoms with Crippen LogP contribution in [0.5, 0.6) is 0 Å². The summed E-state index contributed by atoms with van der Waals surface area (Å²) in [6.45, 7) is 1.80. The van der Waals surface area contributed by atoms with Gasteiger partial charge in [0.1, 0.15) is 5.70 Å². The first-order valence-electron chi connectivity index (χ1n) is 13.8. The van der Waals surface area contributed by atoms with Crippen molar-refractivity contribution in [2.24, 2.45) is 0 Å². The van der Waals surface area contributed by atoms with Crippen molar-refractivity contribution in [2.75, 3.05) is 10.6 Å². The second-order valence-corrected chi connectivity index (χ2v) is 13.4. The van der Waals surface area contributed by atoms with Crippen LogP contribution in [0.25, 0.3) is 17.3 Å². The number of thioether (sulfide) groups is 1. The van der Waals surface area contributed by atoms with Crippen LogP contribution >= 0.6 is 57.9 Å². The lowest BCUT2D eigenvalue weighted by molar-refractivity contribution is -0.115. The molecule has 3 N–H and O–H groups in total. The van der Waals surface area contributed by atoms with Gasteiger partial charge in [0.05, 0.1) is 10.9 Å². The van der Waals surface area contributed by atoms with Crippen LogP contribution in [0.3, 0.4) is 0 Å². The van der Waals surface area contributed by atoms with Crippen molar-refractivity contribution in [1.29, 1.82) is 0 Å². The molecule has 0 saturated heterocycles. The summed E-state index contributed by atoms with van der Waals surface area (Å²) in [6.07, 6.45) is 1.49. The van der Waals surface area contributed by atoms with Gasteiger partial charge in [0, 0.05) is 42.2 Å². The molecule has 0 bridgehead atoms. The molecule has 1 unspecified atom stereocenters. The molecular weight excluding hydrogens is 683 g/mol. The molecule has 0 saturated carbocycles. The molecule has 5 aromatic rings. The van der Waals surface area contributed by atoms with E-state index in [9.17, 15) is 14.4 Å². The number of benzene rings is 4. The van der Waals surface area contributed by atoms with E-state index in [2.05, 4.69) is 20.9 Å². The lowest BCUT2D eigenvalue weighted by atomic mass is 10.1. The van der Waals surface area contributed by atoms with Gasteiger partial charge in [0.15, 0.2) is 5.13 Å². The predicted molar refractivity (Wildman–Crippen MR) is 190 cm³/mol. The second kappa shape index (κ2) is 15.4. The molecule has 0 fully saturated rings. The Hall–Kier alpha value is -4.12. The molecule has 0 radical (unpaired) electrons. The standard InChI is InChI=1S/C34H25Cl3N4O3S2/c1-20(31(42)41-34-40-30(19-45-34)21-7-10-24(35)11-8-21)46-27-15-13-26(14-16-27)38-33(44)29(17-23-9-12-25(36)18-28(23)37)39-32(43)22-5-3-2-4-6-22/h2-20H,1H3,(H,38,44)(H,39,43)(H,40,41,42)/b29-17-. The average Bonchev–Trinajstić information content (AvgIpc) is 3.51. The first kappa shape index (κ1) is 33.2. The Bertz CT molecular complexity index is 1900. The lowest BCUT2D eigenvalue weighted by Gasteiger charge is -2.13. The number of hydrogen-bond donors (Lipinski definition) is 3. The highest BCUT2D eigenvalue weighted by atomic mass is 35.5. The zero-order chi connectivity index (χ0) is 32.6. The number of rotatable bonds is 10. The van der Waals surface area contributed by atoms with Gasteiger partial charge < -0.3 is 16.0 Å². The van der Waals surface area contributed by atoms with Crippen LogP contribution in [0, 0.1) is 0 Å². The van der Waals surface area contributed by atoms with Gasteiger partial charge >= 0.3 is 0 Å². The SMILES string of the molecule is CC(Sc1ccc(NC(=O)/C(=C/c2ccc(Cl)cc2Cl)NC(=O)c2ccccc2)cc1)C(=O)Nc1nc(-c2ccc(Cl)cc2)cs1. The fourth-order valence-electron chi connectivity index (χ4n) is 4.08. The minimum atomic E-state index is -0.551. The van der Waals surface area contributed by atoms with Gasteiger partial charge in [0.2, 0.25) is 5.91 Å². The average molecular weight is 708 g/mol. The van der Waals surface area contributed by atoms with Crippen LogP contribution in [0.1, 0.15) is 22.8 Å². The summed E-state index contributed by atoms with van der Waals surface area (Å²) in [5, 5.41) is 11.7. The molecule has 0 aliphatic carbocycles. The molecule has 3 amide bonds. The van der Waals surface area contributed by atoms with Gasteiger partial charge in [0.25, 0.3) is 11.8 Å². The quantitative estimate of drug-likeness (QED) is 0.0993. The van der Waals surface area contributed by atoms with Crippen molar-refractivity contribution in [3.8, 4) is 11.3 Å². The van der Waals surface area contributed by atoms with E-state index in [-0.39, 0.29) is 11.6 Å². The van der Waals surface area contributed by atoms with E-state index in [0.29, 0.717) is 37.0 Å². The summed E-state index contributed by atoms with van der Waals surface area (Å²) in [7, 11) is 0. The van der Waals surface area contributed by atoms with E-state index in [1.54, 1.807) is 91.9 Å². The van der Waals surface area contributed by atoms with Crippen LogP contribution in [-0.4, -0.2) is 28.0 Å². The number of carbonyl (C=O) groups excluding carboxylic acids is 3. The van der Waals surface area contributed by atoms with Gasteiger partial charge in [-0.3, -0.25) is 14.4 Å². The highest BCUT2D eigenvalue weighted by Crippen LogP contribution is 2.29. The summed E-state index contributed by atoms with van der Waals surface area (Å²) < 4.78 is 0. The smallest absolute Gasteiger partial charge is 0.272 e. The highest BCUT2D eigenvalue weighted by Gasteiger charge is 2.18. The van der Waals surface area contributed by atoms with Gasteiger partial charge in [-0.25, -0.2) is 4.98 Å². The number of nitrogens with zero attached hydrogens (tertiary/aromatic N) is 1. The van der Waals surface area contributed by atoms with Crippen molar-refractivity contribution in [1.82, 2.24) is 10.3 Å². The maximum Gasteiger partial charge on any atom is 0.272 e. The van der Waals surface area contributed by atoms with Gasteiger partial charge in [-0.05, 0) is 79.2 Å². The molecule has 1 heterocycles. The van der Waals surface area contributed by atoms with E-state index in [0.717, 1.165) is 16.2 Å². The minimum Gasteiger partial charge on any atom is -0.321 e. The van der Waals surface area contributed by atoms with Crippen LogP contribution in [-0.2, 0) is 9.59 Å². The number of hydrogen-bond acceptors (Lipinski definition) is 6. The van der Waals surface area contributed by atoms with Crippen LogP contribution in [0.4, 0.5) is 10.8 Å². The maximum atomic E-state index is 13.4. The van der Waals surface area contributed by atoms with Gasteiger partial charge in [-0.2, -0.15) is 0 Å². The number of nitrogens with one attached hydrogen (secondary N) is 3. The third-order valence-corrected chi connectivity index (χ3v) is 9.14. The summed E-state index contributed by atoms with van der Waals surface area (Å²) in [6, 6.07) is 27.8. The monoisotopic (exact) mass is 706 g/mol. The number of halogens is 3. The summed E-state index contributed by atoms with van der Waals surface area (Å²) in [5.41, 5.74) is 3.03. The summed E-state index contributed by atoms with van der Waals surface area (Å²) in [4.78, 5) is 44.5. The maximum absolute atomic E-state index is 13.4. The Morgan fingerprint density at radius 2 is 1.54 bits per heavy atom. The molecule has 232 valence electrons. The third kappa shape index (κ3) is 8.99. The van der Waals surface area contributed by atoms with Crippen molar-refractivity contribution in [2.45, 2.75) is 17.1 Å². The Labute approximate surface area is 289 Å². The predicted octanol–water partition coefficient (Wildman–Crippen LogP) is 9.30. The Kier molecular flexibility index (Phi) is 11.2. The highest BCUT2D eigenvalue weighted by molar-refractivity contribution is 8.00. The first-order valence-corrected chi connectivity index (χ1v) is 16.7. The fourth-order valence-corrected chi connectivity index (χ4v) is 6.26.